The van der Waals surface area contributed by atoms with Gasteiger partial charge in [0, 0.05) is 6.08 Å². The van der Waals surface area contributed by atoms with Crippen LogP contribution < -0.4 is 0 Å². The maximum absolute atomic E-state index is 10.8. The fourth-order valence-corrected chi connectivity index (χ4v) is 0.500. The predicted molar refractivity (Wildman–Crippen MR) is 45.2 cm³/mol. The monoisotopic (exact) mass is 172 g/mol. The molecule has 0 fully saturated rings. The summed E-state index contributed by atoms with van der Waals surface area (Å²) in [5.41, 5.74) is -0.554. The second kappa shape index (κ2) is 4.28. The van der Waals surface area contributed by atoms with Crippen molar-refractivity contribution in [3.05, 3.63) is 12.1 Å². The fraction of sp³-hybridized carbons (Fsp3) is 0.571. The molecule has 12 heavy (non-hydrogen) atoms. The third kappa shape index (κ3) is 7.30. The highest BCUT2D eigenvalue weighted by molar-refractivity contribution is 6.48. The van der Waals surface area contributed by atoms with E-state index in [1.807, 2.05) is 0 Å². The highest BCUT2D eigenvalue weighted by Crippen LogP contribution is 2.06. The molecule has 0 aliphatic heterocycles. The Kier molecular flexibility index (Phi) is 3.99. The van der Waals surface area contributed by atoms with E-state index in [2.05, 4.69) is 0 Å². The minimum Gasteiger partial charge on any atom is -0.457 e. The van der Waals surface area contributed by atoms with Crippen molar-refractivity contribution in [3.8, 4) is 0 Å². The van der Waals surface area contributed by atoms with Crippen LogP contribution in [-0.2, 0) is 9.53 Å². The molecule has 0 unspecified atom stereocenters. The number of hydrogen-bond donors (Lipinski definition) is 2. The van der Waals surface area contributed by atoms with E-state index in [4.69, 9.17) is 14.8 Å². The van der Waals surface area contributed by atoms with E-state index in [0.29, 0.717) is 0 Å². The number of esters is 1. The maximum Gasteiger partial charge on any atom is 0.480 e. The molecule has 0 aromatic rings. The summed E-state index contributed by atoms with van der Waals surface area (Å²) in [7, 11) is -1.61. The van der Waals surface area contributed by atoms with Crippen LogP contribution in [0.15, 0.2) is 12.1 Å². The van der Waals surface area contributed by atoms with Crippen LogP contribution in [0.4, 0.5) is 0 Å². The Bertz CT molecular complexity index is 180. The van der Waals surface area contributed by atoms with Gasteiger partial charge >= 0.3 is 13.1 Å². The highest BCUT2D eigenvalue weighted by atomic mass is 16.6. The zero-order chi connectivity index (χ0) is 9.78. The van der Waals surface area contributed by atoms with E-state index in [9.17, 15) is 4.79 Å². The summed E-state index contributed by atoms with van der Waals surface area (Å²) in [5.74, 6) is 0.351. The SMILES string of the molecule is CC(C)(C)OC(=O)/C=C/B(O)O. The zero-order valence-electron chi connectivity index (χ0n) is 7.44. The molecule has 0 heterocycles. The molecule has 0 saturated carbocycles. The number of carbonyl (C=O) groups is 1. The first kappa shape index (κ1) is 11.2. The van der Waals surface area contributed by atoms with E-state index in [1.165, 1.54) is 0 Å². The van der Waals surface area contributed by atoms with E-state index in [-0.39, 0.29) is 0 Å². The van der Waals surface area contributed by atoms with E-state index in [0.717, 1.165) is 12.1 Å². The number of carbonyl (C=O) groups excluding carboxylic acids is 1. The maximum atomic E-state index is 10.8. The third-order valence-electron chi connectivity index (χ3n) is 0.811. The Hall–Kier alpha value is -0.805. The van der Waals surface area contributed by atoms with Crippen molar-refractivity contribution in [2.45, 2.75) is 26.4 Å². The minimum absolute atomic E-state index is 0.554. The lowest BCUT2D eigenvalue weighted by atomic mass is 9.92. The molecular formula is C7H13BO4. The van der Waals surface area contributed by atoms with Crippen LogP contribution in [-0.4, -0.2) is 28.7 Å². The molecule has 0 radical (unpaired) electrons. The van der Waals surface area contributed by atoms with Gasteiger partial charge in [-0.05, 0) is 26.7 Å². The van der Waals surface area contributed by atoms with Crippen LogP contribution >= 0.6 is 0 Å². The summed E-state index contributed by atoms with van der Waals surface area (Å²) in [6.07, 6.45) is 0.982. The largest absolute Gasteiger partial charge is 0.480 e. The van der Waals surface area contributed by atoms with Crippen LogP contribution in [0, 0.1) is 0 Å². The molecule has 0 bridgehead atoms. The van der Waals surface area contributed by atoms with Crippen LogP contribution in [0.3, 0.4) is 0 Å². The normalized spacial score (nSPS) is 11.8. The average Bonchev–Trinajstić information content (AvgIpc) is 1.79. The smallest absolute Gasteiger partial charge is 0.457 e. The first-order valence-electron chi connectivity index (χ1n) is 3.58. The molecule has 68 valence electrons. The fourth-order valence-electron chi connectivity index (χ4n) is 0.500. The van der Waals surface area contributed by atoms with Gasteiger partial charge in [0.25, 0.3) is 0 Å². The van der Waals surface area contributed by atoms with Gasteiger partial charge in [-0.3, -0.25) is 0 Å². The lowest BCUT2D eigenvalue weighted by Crippen LogP contribution is -2.23. The van der Waals surface area contributed by atoms with Gasteiger partial charge in [-0.25, -0.2) is 4.79 Å². The molecule has 0 amide bonds. The van der Waals surface area contributed by atoms with Crippen LogP contribution in [0.25, 0.3) is 0 Å². The quantitative estimate of drug-likeness (QED) is 0.346. The topological polar surface area (TPSA) is 66.8 Å². The summed E-state index contributed by atoms with van der Waals surface area (Å²) >= 11 is 0. The van der Waals surface area contributed by atoms with Crippen LogP contribution in [0.1, 0.15) is 20.8 Å². The molecule has 0 aromatic carbocycles. The second-order valence-corrected chi connectivity index (χ2v) is 3.31. The van der Waals surface area contributed by atoms with Crippen molar-refractivity contribution in [1.82, 2.24) is 0 Å². The summed E-state index contributed by atoms with van der Waals surface area (Å²) < 4.78 is 4.84. The van der Waals surface area contributed by atoms with E-state index >= 15 is 0 Å². The van der Waals surface area contributed by atoms with Crippen molar-refractivity contribution in [3.63, 3.8) is 0 Å². The molecule has 0 rings (SSSR count). The lowest BCUT2D eigenvalue weighted by molar-refractivity contribution is -0.148. The first-order chi connectivity index (χ1) is 5.31. The lowest BCUT2D eigenvalue weighted by Gasteiger charge is -2.17. The second-order valence-electron chi connectivity index (χ2n) is 3.31. The van der Waals surface area contributed by atoms with Gasteiger partial charge in [-0.15, -0.1) is 0 Å². The molecule has 0 aliphatic carbocycles. The minimum atomic E-state index is -1.61. The Morgan fingerprint density at radius 2 is 1.92 bits per heavy atom. The van der Waals surface area contributed by atoms with Crippen molar-refractivity contribution in [2.24, 2.45) is 0 Å². The van der Waals surface area contributed by atoms with Crippen LogP contribution in [0.5, 0.6) is 0 Å². The summed E-state index contributed by atoms with van der Waals surface area (Å²) in [6.45, 7) is 5.19. The summed E-state index contributed by atoms with van der Waals surface area (Å²) in [5, 5.41) is 16.7. The molecule has 0 aliphatic rings. The molecule has 0 atom stereocenters. The molecule has 4 nitrogen and oxygen atoms in total. The Labute approximate surface area is 72.0 Å². The summed E-state index contributed by atoms with van der Waals surface area (Å²) in [6, 6.07) is 0. The van der Waals surface area contributed by atoms with Gasteiger partial charge in [-0.2, -0.15) is 0 Å². The Morgan fingerprint density at radius 3 is 2.25 bits per heavy atom. The number of hydrogen-bond acceptors (Lipinski definition) is 4. The van der Waals surface area contributed by atoms with Gasteiger partial charge in [0.05, 0.1) is 0 Å². The first-order valence-corrected chi connectivity index (χ1v) is 3.58. The van der Waals surface area contributed by atoms with Gasteiger partial charge < -0.3 is 14.8 Å². The van der Waals surface area contributed by atoms with Crippen molar-refractivity contribution in [1.29, 1.82) is 0 Å². The average molecular weight is 172 g/mol. The standard InChI is InChI=1S/C7H13BO4/c1-7(2,3)12-6(9)4-5-8(10)11/h4-5,10-11H,1-3H3/b5-4+. The number of ether oxygens (including phenoxy) is 1. The summed E-state index contributed by atoms with van der Waals surface area (Å²) in [4.78, 5) is 10.8. The van der Waals surface area contributed by atoms with Gasteiger partial charge in [0.15, 0.2) is 0 Å². The predicted octanol–water partition coefficient (Wildman–Crippen LogP) is -0.104. The zero-order valence-corrected chi connectivity index (χ0v) is 7.44. The molecular weight excluding hydrogens is 159 g/mol. The van der Waals surface area contributed by atoms with Crippen LogP contribution in [0.2, 0.25) is 0 Å². The van der Waals surface area contributed by atoms with E-state index < -0.39 is 18.7 Å². The van der Waals surface area contributed by atoms with Crippen molar-refractivity contribution < 1.29 is 19.6 Å². The molecule has 5 heteroatoms. The van der Waals surface area contributed by atoms with Gasteiger partial charge in [0.1, 0.15) is 5.60 Å². The Balaban J connectivity index is 3.91. The molecule has 0 spiro atoms. The van der Waals surface area contributed by atoms with Gasteiger partial charge in [0.2, 0.25) is 0 Å². The Morgan fingerprint density at radius 1 is 1.42 bits per heavy atom. The number of rotatable bonds is 2. The van der Waals surface area contributed by atoms with E-state index in [1.54, 1.807) is 20.8 Å². The van der Waals surface area contributed by atoms with Crippen molar-refractivity contribution >= 4 is 13.1 Å². The third-order valence-corrected chi connectivity index (χ3v) is 0.811. The van der Waals surface area contributed by atoms with Crippen molar-refractivity contribution in [2.75, 3.05) is 0 Å². The molecule has 0 saturated heterocycles. The highest BCUT2D eigenvalue weighted by Gasteiger charge is 2.14. The molecule has 2 N–H and O–H groups in total. The molecule has 0 aromatic heterocycles. The van der Waals surface area contributed by atoms with Gasteiger partial charge in [-0.1, -0.05) is 0 Å².